The van der Waals surface area contributed by atoms with Gasteiger partial charge in [-0.15, -0.1) is 0 Å². The summed E-state index contributed by atoms with van der Waals surface area (Å²) in [5.41, 5.74) is 2.05. The van der Waals surface area contributed by atoms with Crippen molar-refractivity contribution in [2.24, 2.45) is 0 Å². The molecule has 1 aromatic carbocycles. The van der Waals surface area contributed by atoms with E-state index < -0.39 is 0 Å². The molecule has 0 bridgehead atoms. The Balaban J connectivity index is 1.55. The molecule has 0 radical (unpaired) electrons. The molecule has 1 fully saturated rings. The largest absolute Gasteiger partial charge is 0.497 e. The van der Waals surface area contributed by atoms with Gasteiger partial charge in [-0.3, -0.25) is 0 Å². The van der Waals surface area contributed by atoms with Gasteiger partial charge >= 0.3 is 0 Å². The maximum atomic E-state index is 5.37. The molecular weight excluding hydrogens is 344 g/mol. The molecule has 0 N–H and O–H groups in total. The summed E-state index contributed by atoms with van der Waals surface area (Å²) in [6, 6.07) is 12.5. The summed E-state index contributed by atoms with van der Waals surface area (Å²) in [5.74, 6) is 2.80. The van der Waals surface area contributed by atoms with Gasteiger partial charge in [-0.05, 0) is 42.7 Å². The van der Waals surface area contributed by atoms with E-state index in [-0.39, 0.29) is 0 Å². The summed E-state index contributed by atoms with van der Waals surface area (Å²) in [4.78, 5) is 11.3. The summed E-state index contributed by atoms with van der Waals surface area (Å²) >= 11 is 0. The van der Waals surface area contributed by atoms with Crippen LogP contribution in [0.15, 0.2) is 47.1 Å². The zero-order valence-electron chi connectivity index (χ0n) is 15.5. The Morgan fingerprint density at radius 3 is 2.93 bits per heavy atom. The summed E-state index contributed by atoms with van der Waals surface area (Å²) in [6.07, 6.45) is 4.01. The van der Waals surface area contributed by atoms with Gasteiger partial charge < -0.3 is 18.9 Å². The van der Waals surface area contributed by atoms with Crippen LogP contribution in [0.5, 0.6) is 5.75 Å². The van der Waals surface area contributed by atoms with Crippen molar-refractivity contribution >= 4 is 5.82 Å². The monoisotopic (exact) mass is 366 g/mol. The lowest BCUT2D eigenvalue weighted by Crippen LogP contribution is -2.23. The standard InChI is InChI=1S/C20H22N4O3/c1-25-13-18-22-20(27-23-18)15-8-9-19(21-12-15)24-10-4-7-17(24)14-5-3-6-16(11-14)26-2/h3,5-6,8-9,11-12,17H,4,7,10,13H2,1-2H3. The minimum atomic E-state index is 0.301. The smallest absolute Gasteiger partial charge is 0.259 e. The van der Waals surface area contributed by atoms with Crippen molar-refractivity contribution in [3.8, 4) is 17.2 Å². The van der Waals surface area contributed by atoms with Crippen molar-refractivity contribution in [2.75, 3.05) is 25.7 Å². The van der Waals surface area contributed by atoms with E-state index in [9.17, 15) is 0 Å². The average Bonchev–Trinajstić information content (AvgIpc) is 3.38. The normalized spacial score (nSPS) is 16.7. The third kappa shape index (κ3) is 3.64. The first-order valence-corrected chi connectivity index (χ1v) is 8.97. The molecule has 1 atom stereocenters. The Morgan fingerprint density at radius 2 is 2.15 bits per heavy atom. The first-order chi connectivity index (χ1) is 13.3. The molecule has 1 saturated heterocycles. The molecule has 0 spiro atoms. The third-order valence-corrected chi connectivity index (χ3v) is 4.76. The fraction of sp³-hybridized carbons (Fsp3) is 0.350. The Labute approximate surface area is 157 Å². The highest BCUT2D eigenvalue weighted by atomic mass is 16.5. The second-order valence-electron chi connectivity index (χ2n) is 6.48. The minimum absolute atomic E-state index is 0.301. The number of nitrogens with zero attached hydrogens (tertiary/aromatic N) is 4. The van der Waals surface area contributed by atoms with Gasteiger partial charge in [-0.1, -0.05) is 17.3 Å². The lowest BCUT2D eigenvalue weighted by atomic mass is 10.0. The van der Waals surface area contributed by atoms with Crippen LogP contribution < -0.4 is 9.64 Å². The van der Waals surface area contributed by atoms with Crippen molar-refractivity contribution in [3.63, 3.8) is 0 Å². The second-order valence-corrected chi connectivity index (χ2v) is 6.48. The molecular formula is C20H22N4O3. The van der Waals surface area contributed by atoms with E-state index in [4.69, 9.17) is 14.0 Å². The summed E-state index contributed by atoms with van der Waals surface area (Å²) in [6.45, 7) is 1.30. The SMILES string of the molecule is COCc1noc(-c2ccc(N3CCCC3c3cccc(OC)c3)nc2)n1. The van der Waals surface area contributed by atoms with E-state index in [2.05, 4.69) is 32.2 Å². The predicted octanol–water partition coefficient (Wildman–Crippen LogP) is 3.63. The molecule has 0 aliphatic carbocycles. The highest BCUT2D eigenvalue weighted by molar-refractivity contribution is 5.55. The van der Waals surface area contributed by atoms with Gasteiger partial charge in [0.25, 0.3) is 5.89 Å². The molecule has 1 unspecified atom stereocenters. The number of ether oxygens (including phenoxy) is 2. The molecule has 1 aliphatic rings. The summed E-state index contributed by atoms with van der Waals surface area (Å²) < 4.78 is 15.7. The van der Waals surface area contributed by atoms with Crippen LogP contribution in [0.4, 0.5) is 5.82 Å². The zero-order valence-corrected chi connectivity index (χ0v) is 15.5. The van der Waals surface area contributed by atoms with Crippen LogP contribution in [0.25, 0.3) is 11.5 Å². The molecule has 1 aliphatic heterocycles. The van der Waals surface area contributed by atoms with E-state index in [1.807, 2.05) is 24.3 Å². The first kappa shape index (κ1) is 17.5. The minimum Gasteiger partial charge on any atom is -0.497 e. The highest BCUT2D eigenvalue weighted by Crippen LogP contribution is 2.36. The number of benzene rings is 1. The van der Waals surface area contributed by atoms with Gasteiger partial charge in [0.1, 0.15) is 18.2 Å². The summed E-state index contributed by atoms with van der Waals surface area (Å²) in [5, 5.41) is 3.89. The van der Waals surface area contributed by atoms with Crippen molar-refractivity contribution in [2.45, 2.75) is 25.5 Å². The fourth-order valence-electron chi connectivity index (χ4n) is 3.48. The number of pyridine rings is 1. The first-order valence-electron chi connectivity index (χ1n) is 8.97. The highest BCUT2D eigenvalue weighted by Gasteiger charge is 2.27. The Morgan fingerprint density at radius 1 is 1.22 bits per heavy atom. The number of aromatic nitrogens is 3. The topological polar surface area (TPSA) is 73.5 Å². The van der Waals surface area contributed by atoms with Crippen LogP contribution in [0, 0.1) is 0 Å². The van der Waals surface area contributed by atoms with Crippen LogP contribution in [0.1, 0.15) is 30.3 Å². The van der Waals surface area contributed by atoms with Crippen molar-refractivity contribution in [3.05, 3.63) is 54.0 Å². The molecule has 2 aromatic heterocycles. The maximum absolute atomic E-state index is 5.37. The average molecular weight is 366 g/mol. The van der Waals surface area contributed by atoms with Crippen LogP contribution in [0.3, 0.4) is 0 Å². The Bertz CT molecular complexity index is 894. The maximum Gasteiger partial charge on any atom is 0.259 e. The van der Waals surface area contributed by atoms with Gasteiger partial charge in [-0.25, -0.2) is 4.98 Å². The van der Waals surface area contributed by atoms with E-state index in [0.717, 1.165) is 36.5 Å². The molecule has 3 aromatic rings. The van der Waals surface area contributed by atoms with Crippen molar-refractivity contribution in [1.29, 1.82) is 0 Å². The quantitative estimate of drug-likeness (QED) is 0.659. The third-order valence-electron chi connectivity index (χ3n) is 4.76. The zero-order chi connectivity index (χ0) is 18.6. The molecule has 140 valence electrons. The van der Waals surface area contributed by atoms with Gasteiger partial charge in [0.05, 0.1) is 18.7 Å². The molecule has 4 rings (SSSR count). The number of rotatable bonds is 6. The molecule has 0 amide bonds. The number of anilines is 1. The molecule has 7 nitrogen and oxygen atoms in total. The molecule has 3 heterocycles. The summed E-state index contributed by atoms with van der Waals surface area (Å²) in [7, 11) is 3.29. The van der Waals surface area contributed by atoms with Crippen LogP contribution in [0.2, 0.25) is 0 Å². The van der Waals surface area contributed by atoms with Gasteiger partial charge in [0, 0.05) is 19.9 Å². The number of methoxy groups -OCH3 is 2. The van der Waals surface area contributed by atoms with Crippen LogP contribution in [-0.4, -0.2) is 35.9 Å². The van der Waals surface area contributed by atoms with E-state index >= 15 is 0 Å². The Hall–Kier alpha value is -2.93. The van der Waals surface area contributed by atoms with Gasteiger partial charge in [-0.2, -0.15) is 4.98 Å². The molecule has 0 saturated carbocycles. The van der Waals surface area contributed by atoms with Crippen molar-refractivity contribution < 1.29 is 14.0 Å². The van der Waals surface area contributed by atoms with Crippen molar-refractivity contribution in [1.82, 2.24) is 15.1 Å². The van der Waals surface area contributed by atoms with Gasteiger partial charge in [0.15, 0.2) is 5.82 Å². The lowest BCUT2D eigenvalue weighted by molar-refractivity contribution is 0.174. The predicted molar refractivity (Wildman–Crippen MR) is 101 cm³/mol. The molecule has 7 heteroatoms. The Kier molecular flexibility index (Phi) is 5.02. The van der Waals surface area contributed by atoms with E-state index in [1.165, 1.54) is 5.56 Å². The van der Waals surface area contributed by atoms with Crippen LogP contribution >= 0.6 is 0 Å². The van der Waals surface area contributed by atoms with Gasteiger partial charge in [0.2, 0.25) is 0 Å². The molecule has 27 heavy (non-hydrogen) atoms. The number of hydrogen-bond acceptors (Lipinski definition) is 7. The van der Waals surface area contributed by atoms with E-state index in [0.29, 0.717) is 24.4 Å². The second kappa shape index (κ2) is 7.75. The lowest BCUT2D eigenvalue weighted by Gasteiger charge is -2.26. The van der Waals surface area contributed by atoms with E-state index in [1.54, 1.807) is 20.4 Å². The number of hydrogen-bond donors (Lipinski definition) is 0. The fourth-order valence-corrected chi connectivity index (χ4v) is 3.48. The van der Waals surface area contributed by atoms with Crippen LogP contribution in [-0.2, 0) is 11.3 Å².